The maximum atomic E-state index is 12.6. The third kappa shape index (κ3) is 5.45. The summed E-state index contributed by atoms with van der Waals surface area (Å²) >= 11 is 0. The van der Waals surface area contributed by atoms with E-state index >= 15 is 0 Å². The van der Waals surface area contributed by atoms with Crippen molar-refractivity contribution in [1.29, 1.82) is 0 Å². The van der Waals surface area contributed by atoms with Crippen LogP contribution in [0.2, 0.25) is 0 Å². The minimum atomic E-state index is 0. The lowest BCUT2D eigenvalue weighted by molar-refractivity contribution is -0.126. The maximum absolute atomic E-state index is 12.6. The summed E-state index contributed by atoms with van der Waals surface area (Å²) in [7, 11) is 0. The smallest absolute Gasteiger partial charge is 0.223 e. The molecule has 0 radical (unpaired) electrons. The highest BCUT2D eigenvalue weighted by Gasteiger charge is 2.30. The van der Waals surface area contributed by atoms with Gasteiger partial charge >= 0.3 is 0 Å². The van der Waals surface area contributed by atoms with Crippen LogP contribution in [0.25, 0.3) is 0 Å². The largest absolute Gasteiger partial charge is 0.353 e. The van der Waals surface area contributed by atoms with Gasteiger partial charge in [0.15, 0.2) is 0 Å². The van der Waals surface area contributed by atoms with Gasteiger partial charge in [-0.3, -0.25) is 4.79 Å². The van der Waals surface area contributed by atoms with Crippen LogP contribution in [-0.4, -0.2) is 18.5 Å². The topological polar surface area (TPSA) is 55.1 Å². The quantitative estimate of drug-likeness (QED) is 0.753. The van der Waals surface area contributed by atoms with Crippen LogP contribution in [0.1, 0.15) is 71.1 Å². The van der Waals surface area contributed by atoms with Crippen molar-refractivity contribution in [2.75, 3.05) is 6.54 Å². The van der Waals surface area contributed by atoms with Gasteiger partial charge in [0.1, 0.15) is 0 Å². The summed E-state index contributed by atoms with van der Waals surface area (Å²) in [6.45, 7) is 2.90. The van der Waals surface area contributed by atoms with Crippen LogP contribution in [0, 0.1) is 17.8 Å². The molecule has 0 saturated heterocycles. The zero-order chi connectivity index (χ0) is 14.4. The predicted octanol–water partition coefficient (Wildman–Crippen LogP) is 3.65. The standard InChI is InChI=1S/C17H32N2O.ClH/c1-2-6-14(11-13-7-3-4-8-13)17(20)19-16-10-5-9-15(16)12-18;/h13-16H,2-12,18H2,1H3,(H,19,20);1H. The van der Waals surface area contributed by atoms with Gasteiger partial charge in [-0.1, -0.05) is 45.4 Å². The maximum Gasteiger partial charge on any atom is 0.223 e. The minimum absolute atomic E-state index is 0. The summed E-state index contributed by atoms with van der Waals surface area (Å²) in [6.07, 6.45) is 12.2. The third-order valence-corrected chi connectivity index (χ3v) is 5.39. The van der Waals surface area contributed by atoms with Crippen molar-refractivity contribution in [1.82, 2.24) is 5.32 Å². The van der Waals surface area contributed by atoms with Crippen LogP contribution < -0.4 is 11.1 Å². The molecule has 2 saturated carbocycles. The van der Waals surface area contributed by atoms with Crippen LogP contribution in [0.3, 0.4) is 0 Å². The van der Waals surface area contributed by atoms with Gasteiger partial charge in [0.25, 0.3) is 0 Å². The molecule has 0 aliphatic heterocycles. The molecule has 4 heteroatoms. The van der Waals surface area contributed by atoms with Crippen LogP contribution in [0.5, 0.6) is 0 Å². The van der Waals surface area contributed by atoms with Gasteiger partial charge in [-0.05, 0) is 44.1 Å². The van der Waals surface area contributed by atoms with Gasteiger partial charge in [-0.25, -0.2) is 0 Å². The van der Waals surface area contributed by atoms with Crippen LogP contribution in [0.4, 0.5) is 0 Å². The van der Waals surface area contributed by atoms with E-state index in [4.69, 9.17) is 5.73 Å². The van der Waals surface area contributed by atoms with E-state index in [0.717, 1.165) is 31.6 Å². The van der Waals surface area contributed by atoms with Gasteiger partial charge in [0.2, 0.25) is 5.91 Å². The highest BCUT2D eigenvalue weighted by Crippen LogP contribution is 2.32. The second-order valence-electron chi connectivity index (χ2n) is 6.91. The lowest BCUT2D eigenvalue weighted by atomic mass is 9.89. The van der Waals surface area contributed by atoms with Crippen molar-refractivity contribution in [3.63, 3.8) is 0 Å². The summed E-state index contributed by atoms with van der Waals surface area (Å²) in [5.74, 6) is 1.85. The normalized spacial score (nSPS) is 27.3. The Morgan fingerprint density at radius 2 is 1.90 bits per heavy atom. The molecule has 2 fully saturated rings. The van der Waals surface area contributed by atoms with E-state index in [1.165, 1.54) is 38.5 Å². The first-order chi connectivity index (χ1) is 9.74. The number of carbonyl (C=O) groups is 1. The molecular formula is C17H33ClN2O. The lowest BCUT2D eigenvalue weighted by Crippen LogP contribution is -2.43. The molecule has 3 atom stereocenters. The fourth-order valence-electron chi connectivity index (χ4n) is 4.16. The highest BCUT2D eigenvalue weighted by molar-refractivity contribution is 5.85. The van der Waals surface area contributed by atoms with E-state index in [-0.39, 0.29) is 18.3 Å². The van der Waals surface area contributed by atoms with Crippen molar-refractivity contribution in [2.45, 2.75) is 77.2 Å². The molecule has 1 amide bonds. The number of nitrogens with two attached hydrogens (primary N) is 1. The van der Waals surface area contributed by atoms with E-state index in [9.17, 15) is 4.79 Å². The first-order valence-electron chi connectivity index (χ1n) is 8.75. The molecule has 0 heterocycles. The third-order valence-electron chi connectivity index (χ3n) is 5.39. The Labute approximate surface area is 136 Å². The molecule has 3 nitrogen and oxygen atoms in total. The average Bonchev–Trinajstić information content (AvgIpc) is 3.09. The van der Waals surface area contributed by atoms with Crippen molar-refractivity contribution < 1.29 is 4.79 Å². The van der Waals surface area contributed by atoms with Crippen molar-refractivity contribution in [2.24, 2.45) is 23.5 Å². The number of rotatable bonds is 7. The molecule has 0 bridgehead atoms. The lowest BCUT2D eigenvalue weighted by Gasteiger charge is -2.25. The van der Waals surface area contributed by atoms with E-state index in [0.29, 0.717) is 24.4 Å². The Morgan fingerprint density at radius 1 is 1.19 bits per heavy atom. The Morgan fingerprint density at radius 3 is 2.52 bits per heavy atom. The monoisotopic (exact) mass is 316 g/mol. The SMILES string of the molecule is CCCC(CC1CCCC1)C(=O)NC1CCCC1CN.Cl. The number of halogens is 1. The molecule has 0 aromatic rings. The Balaban J connectivity index is 0.00000220. The molecule has 0 aromatic heterocycles. The molecule has 124 valence electrons. The summed E-state index contributed by atoms with van der Waals surface area (Å²) < 4.78 is 0. The van der Waals surface area contributed by atoms with Crippen LogP contribution in [-0.2, 0) is 4.79 Å². The van der Waals surface area contributed by atoms with E-state index < -0.39 is 0 Å². The van der Waals surface area contributed by atoms with Gasteiger partial charge in [-0.15, -0.1) is 12.4 Å². The molecule has 2 rings (SSSR count). The van der Waals surface area contributed by atoms with Crippen molar-refractivity contribution in [3.8, 4) is 0 Å². The van der Waals surface area contributed by atoms with Crippen molar-refractivity contribution in [3.05, 3.63) is 0 Å². The van der Waals surface area contributed by atoms with Gasteiger partial charge in [0.05, 0.1) is 0 Å². The number of amides is 1. The van der Waals surface area contributed by atoms with Gasteiger partial charge in [0, 0.05) is 12.0 Å². The Bertz CT molecular complexity index is 305. The van der Waals surface area contributed by atoms with Crippen LogP contribution >= 0.6 is 12.4 Å². The van der Waals surface area contributed by atoms with Crippen molar-refractivity contribution >= 4 is 18.3 Å². The molecule has 0 spiro atoms. The molecule has 3 unspecified atom stereocenters. The second kappa shape index (κ2) is 9.68. The van der Waals surface area contributed by atoms with E-state index in [2.05, 4.69) is 12.2 Å². The second-order valence-corrected chi connectivity index (χ2v) is 6.91. The number of carbonyl (C=O) groups excluding carboxylic acids is 1. The highest BCUT2D eigenvalue weighted by atomic mass is 35.5. The summed E-state index contributed by atoms with van der Waals surface area (Å²) in [5, 5.41) is 3.32. The zero-order valence-electron chi connectivity index (χ0n) is 13.5. The number of hydrogen-bond acceptors (Lipinski definition) is 2. The molecule has 2 aliphatic rings. The first-order valence-corrected chi connectivity index (χ1v) is 8.75. The summed E-state index contributed by atoms with van der Waals surface area (Å²) in [4.78, 5) is 12.6. The number of nitrogens with one attached hydrogen (secondary N) is 1. The molecular weight excluding hydrogens is 284 g/mol. The molecule has 21 heavy (non-hydrogen) atoms. The molecule has 0 aromatic carbocycles. The summed E-state index contributed by atoms with van der Waals surface area (Å²) in [5.41, 5.74) is 5.82. The van der Waals surface area contributed by atoms with E-state index in [1.54, 1.807) is 0 Å². The molecule has 3 N–H and O–H groups in total. The van der Waals surface area contributed by atoms with Gasteiger partial charge in [-0.2, -0.15) is 0 Å². The Hall–Kier alpha value is -0.280. The molecule has 2 aliphatic carbocycles. The van der Waals surface area contributed by atoms with E-state index in [1.807, 2.05) is 0 Å². The predicted molar refractivity (Wildman–Crippen MR) is 90.5 cm³/mol. The van der Waals surface area contributed by atoms with Gasteiger partial charge < -0.3 is 11.1 Å². The average molecular weight is 317 g/mol. The minimum Gasteiger partial charge on any atom is -0.353 e. The fraction of sp³-hybridized carbons (Fsp3) is 0.941. The summed E-state index contributed by atoms with van der Waals surface area (Å²) in [6, 6.07) is 0.343. The zero-order valence-corrected chi connectivity index (χ0v) is 14.3. The Kier molecular flexibility index (Phi) is 8.65. The number of hydrogen-bond donors (Lipinski definition) is 2. The first kappa shape index (κ1) is 18.8. The fourth-order valence-corrected chi connectivity index (χ4v) is 4.16. The van der Waals surface area contributed by atoms with Crippen LogP contribution in [0.15, 0.2) is 0 Å².